The van der Waals surface area contributed by atoms with Crippen LogP contribution < -0.4 is 9.62 Å². The highest BCUT2D eigenvalue weighted by atomic mass is 35.5. The summed E-state index contributed by atoms with van der Waals surface area (Å²) in [5.41, 5.74) is 0.960. The zero-order valence-corrected chi connectivity index (χ0v) is 17.0. The number of sulfonamides is 1. The van der Waals surface area contributed by atoms with Gasteiger partial charge in [-0.15, -0.1) is 12.4 Å². The number of halogens is 1. The Kier molecular flexibility index (Phi) is 6.86. The zero-order chi connectivity index (χ0) is 18.7. The number of amides is 1. The molecule has 2 aromatic carbocycles. The minimum Gasteiger partial charge on any atom is -0.336 e. The van der Waals surface area contributed by atoms with Gasteiger partial charge in [0.05, 0.1) is 10.6 Å². The van der Waals surface area contributed by atoms with Crippen LogP contribution in [0.25, 0.3) is 0 Å². The molecule has 1 N–H and O–H groups in total. The minimum absolute atomic E-state index is 0. The Morgan fingerprint density at radius 1 is 1.15 bits per heavy atom. The van der Waals surface area contributed by atoms with Crippen LogP contribution in [0, 0.1) is 0 Å². The first kappa shape index (κ1) is 21.2. The average Bonchev–Trinajstić information content (AvgIpc) is 2.67. The van der Waals surface area contributed by atoms with Crippen LogP contribution in [0.5, 0.6) is 0 Å². The molecule has 1 heterocycles. The Labute approximate surface area is 166 Å². The monoisotopic (exact) mass is 409 g/mol. The molecule has 1 amide bonds. The van der Waals surface area contributed by atoms with E-state index in [4.69, 9.17) is 0 Å². The average molecular weight is 410 g/mol. The molecule has 0 aromatic heterocycles. The molecule has 146 valence electrons. The van der Waals surface area contributed by atoms with Crippen molar-refractivity contribution >= 4 is 34.0 Å². The number of carbonyl (C=O) groups excluding carboxylic acids is 1. The third-order valence-corrected chi connectivity index (χ3v) is 6.30. The molecule has 1 saturated heterocycles. The summed E-state index contributed by atoms with van der Waals surface area (Å²) in [6.45, 7) is 3.99. The molecule has 3 rings (SSSR count). The lowest BCUT2D eigenvalue weighted by Crippen LogP contribution is -2.51. The second-order valence-corrected chi connectivity index (χ2v) is 8.41. The molecule has 1 fully saturated rings. The van der Waals surface area contributed by atoms with Gasteiger partial charge in [0.15, 0.2) is 0 Å². The molecule has 0 aliphatic carbocycles. The van der Waals surface area contributed by atoms with Crippen molar-refractivity contribution in [2.75, 3.05) is 31.0 Å². The fraction of sp³-hybridized carbons (Fsp3) is 0.316. The molecule has 1 aliphatic rings. The normalized spacial score (nSPS) is 17.1. The van der Waals surface area contributed by atoms with E-state index in [0.29, 0.717) is 24.3 Å². The molecule has 0 spiro atoms. The molecule has 0 bridgehead atoms. The molecule has 6 nitrogen and oxygen atoms in total. The first-order chi connectivity index (χ1) is 12.4. The van der Waals surface area contributed by atoms with E-state index in [-0.39, 0.29) is 29.3 Å². The molecule has 0 saturated carbocycles. The van der Waals surface area contributed by atoms with Crippen LogP contribution in [-0.2, 0) is 10.0 Å². The highest BCUT2D eigenvalue weighted by molar-refractivity contribution is 7.92. The van der Waals surface area contributed by atoms with Crippen molar-refractivity contribution in [1.29, 1.82) is 0 Å². The molecular formula is C19H24ClN3O3S. The van der Waals surface area contributed by atoms with Gasteiger partial charge in [-0.05, 0) is 37.3 Å². The summed E-state index contributed by atoms with van der Waals surface area (Å²) in [6.07, 6.45) is 0. The summed E-state index contributed by atoms with van der Waals surface area (Å²) < 4.78 is 27.1. The minimum atomic E-state index is -3.74. The van der Waals surface area contributed by atoms with E-state index in [1.807, 2.05) is 13.0 Å². The van der Waals surface area contributed by atoms with Crippen molar-refractivity contribution in [2.24, 2.45) is 0 Å². The van der Waals surface area contributed by atoms with Crippen molar-refractivity contribution in [3.05, 3.63) is 60.2 Å². The second kappa shape index (κ2) is 8.73. The van der Waals surface area contributed by atoms with Gasteiger partial charge in [0.25, 0.3) is 15.9 Å². The third-order valence-electron chi connectivity index (χ3n) is 4.52. The predicted octanol–water partition coefficient (Wildman–Crippen LogP) is 2.37. The second-order valence-electron chi connectivity index (χ2n) is 6.44. The van der Waals surface area contributed by atoms with Gasteiger partial charge in [-0.3, -0.25) is 9.10 Å². The van der Waals surface area contributed by atoms with E-state index in [2.05, 4.69) is 5.32 Å². The van der Waals surface area contributed by atoms with E-state index in [0.717, 1.165) is 6.54 Å². The van der Waals surface area contributed by atoms with Crippen LogP contribution in [0.1, 0.15) is 17.3 Å². The van der Waals surface area contributed by atoms with Gasteiger partial charge in [-0.1, -0.05) is 24.3 Å². The van der Waals surface area contributed by atoms with Crippen molar-refractivity contribution < 1.29 is 13.2 Å². The lowest BCUT2D eigenvalue weighted by molar-refractivity contribution is 0.0709. The largest absolute Gasteiger partial charge is 0.336 e. The highest BCUT2D eigenvalue weighted by Crippen LogP contribution is 2.22. The molecule has 27 heavy (non-hydrogen) atoms. The lowest BCUT2D eigenvalue weighted by atomic mass is 10.1. The molecule has 8 heteroatoms. The Morgan fingerprint density at radius 2 is 1.85 bits per heavy atom. The van der Waals surface area contributed by atoms with Crippen LogP contribution >= 0.6 is 12.4 Å². The van der Waals surface area contributed by atoms with E-state index in [9.17, 15) is 13.2 Å². The highest BCUT2D eigenvalue weighted by Gasteiger charge is 2.25. The number of hydrogen-bond acceptors (Lipinski definition) is 4. The third kappa shape index (κ3) is 4.61. The number of hydrogen-bond donors (Lipinski definition) is 1. The number of anilines is 1. The maximum atomic E-state index is 12.9. The van der Waals surface area contributed by atoms with Crippen LogP contribution in [0.4, 0.5) is 5.69 Å². The summed E-state index contributed by atoms with van der Waals surface area (Å²) in [7, 11) is -2.23. The Balaban J connectivity index is 0.00000261. The van der Waals surface area contributed by atoms with Gasteiger partial charge in [-0.25, -0.2) is 8.42 Å². The summed E-state index contributed by atoms with van der Waals surface area (Å²) >= 11 is 0. The van der Waals surface area contributed by atoms with Gasteiger partial charge >= 0.3 is 0 Å². The standard InChI is InChI=1S/C19H23N3O3S.ClH/c1-15-14-22(12-11-20-15)19(23)16-7-6-10-18(13-16)26(24,25)21(2)17-8-4-3-5-9-17;/h3-10,13,15,20H,11-12,14H2,1-2H3;1H. The van der Waals surface area contributed by atoms with Crippen LogP contribution in [0.3, 0.4) is 0 Å². The smallest absolute Gasteiger partial charge is 0.264 e. The number of rotatable bonds is 4. The number of nitrogens with one attached hydrogen (secondary N) is 1. The Bertz CT molecular complexity index is 890. The summed E-state index contributed by atoms with van der Waals surface area (Å²) in [5.74, 6) is -0.141. The van der Waals surface area contributed by atoms with Crippen LogP contribution in [0.15, 0.2) is 59.5 Å². The van der Waals surface area contributed by atoms with E-state index in [1.54, 1.807) is 41.3 Å². The van der Waals surface area contributed by atoms with Crippen molar-refractivity contribution in [3.8, 4) is 0 Å². The molecule has 0 radical (unpaired) electrons. The van der Waals surface area contributed by atoms with Gasteiger partial charge in [0.1, 0.15) is 0 Å². The van der Waals surface area contributed by atoms with Gasteiger partial charge in [0.2, 0.25) is 0 Å². The number of carbonyl (C=O) groups is 1. The molecule has 1 aliphatic heterocycles. The van der Waals surface area contributed by atoms with E-state index >= 15 is 0 Å². The van der Waals surface area contributed by atoms with Crippen molar-refractivity contribution in [2.45, 2.75) is 17.9 Å². The number of piperazine rings is 1. The van der Waals surface area contributed by atoms with Crippen LogP contribution in [0.2, 0.25) is 0 Å². The maximum Gasteiger partial charge on any atom is 0.264 e. The summed E-state index contributed by atoms with van der Waals surface area (Å²) in [6, 6.07) is 15.3. The first-order valence-electron chi connectivity index (χ1n) is 8.56. The van der Waals surface area contributed by atoms with Crippen molar-refractivity contribution in [1.82, 2.24) is 10.2 Å². The fourth-order valence-corrected chi connectivity index (χ4v) is 4.27. The van der Waals surface area contributed by atoms with Gasteiger partial charge in [0, 0.05) is 38.3 Å². The van der Waals surface area contributed by atoms with Crippen molar-refractivity contribution in [3.63, 3.8) is 0 Å². The fourth-order valence-electron chi connectivity index (χ4n) is 3.02. The molecular weight excluding hydrogens is 386 g/mol. The van der Waals surface area contributed by atoms with Crippen LogP contribution in [-0.4, -0.2) is 51.9 Å². The Hall–Kier alpha value is -2.09. The maximum absolute atomic E-state index is 12.9. The topological polar surface area (TPSA) is 69.7 Å². The van der Waals surface area contributed by atoms with Gasteiger partial charge in [-0.2, -0.15) is 0 Å². The first-order valence-corrected chi connectivity index (χ1v) is 10.0. The number of para-hydroxylation sites is 1. The summed E-state index contributed by atoms with van der Waals surface area (Å²) in [5, 5.41) is 3.29. The predicted molar refractivity (Wildman–Crippen MR) is 109 cm³/mol. The van der Waals surface area contributed by atoms with E-state index < -0.39 is 10.0 Å². The zero-order valence-electron chi connectivity index (χ0n) is 15.3. The van der Waals surface area contributed by atoms with Gasteiger partial charge < -0.3 is 10.2 Å². The number of benzene rings is 2. The quantitative estimate of drug-likeness (QED) is 0.841. The summed E-state index contributed by atoms with van der Waals surface area (Å²) in [4.78, 5) is 14.6. The Morgan fingerprint density at radius 3 is 2.52 bits per heavy atom. The lowest BCUT2D eigenvalue weighted by Gasteiger charge is -2.32. The number of nitrogens with zero attached hydrogens (tertiary/aromatic N) is 2. The molecule has 1 atom stereocenters. The van der Waals surface area contributed by atoms with E-state index in [1.165, 1.54) is 23.5 Å². The molecule has 2 aromatic rings. The SMILES string of the molecule is CC1CN(C(=O)c2cccc(S(=O)(=O)N(C)c3ccccc3)c2)CCN1.Cl. The molecule has 1 unspecified atom stereocenters.